The Balaban J connectivity index is 1.54. The SMILES string of the molecule is CC(=O)N=C1OC(CN2CCN(c3ccccn3)CC2)CN1C(C)=O. The number of aromatic nitrogens is 1. The maximum atomic E-state index is 11.7. The topological polar surface area (TPSA) is 78.3 Å². The van der Waals surface area contributed by atoms with Gasteiger partial charge in [-0.2, -0.15) is 4.99 Å². The minimum atomic E-state index is -0.370. The van der Waals surface area contributed by atoms with Crippen molar-refractivity contribution in [1.29, 1.82) is 0 Å². The zero-order valence-corrected chi connectivity index (χ0v) is 14.6. The molecule has 0 radical (unpaired) electrons. The Morgan fingerprint density at radius 1 is 1.24 bits per heavy atom. The van der Waals surface area contributed by atoms with Gasteiger partial charge in [-0.05, 0) is 12.1 Å². The van der Waals surface area contributed by atoms with Gasteiger partial charge in [0.05, 0.1) is 6.54 Å². The largest absolute Gasteiger partial charge is 0.458 e. The van der Waals surface area contributed by atoms with Gasteiger partial charge in [0.2, 0.25) is 11.8 Å². The molecule has 0 spiro atoms. The van der Waals surface area contributed by atoms with Crippen molar-refractivity contribution in [2.75, 3.05) is 44.2 Å². The van der Waals surface area contributed by atoms with Gasteiger partial charge >= 0.3 is 6.02 Å². The van der Waals surface area contributed by atoms with Gasteiger partial charge < -0.3 is 9.64 Å². The second-order valence-corrected chi connectivity index (χ2v) is 6.26. The molecule has 0 aromatic carbocycles. The van der Waals surface area contributed by atoms with Gasteiger partial charge in [-0.1, -0.05) is 6.07 Å². The molecule has 0 saturated carbocycles. The molecular formula is C17H23N5O3. The second kappa shape index (κ2) is 7.60. The lowest BCUT2D eigenvalue weighted by Gasteiger charge is -2.36. The van der Waals surface area contributed by atoms with Gasteiger partial charge in [-0.25, -0.2) is 4.98 Å². The lowest BCUT2D eigenvalue weighted by Crippen LogP contribution is -2.49. The number of nitrogens with zero attached hydrogens (tertiary/aromatic N) is 5. The van der Waals surface area contributed by atoms with Gasteiger partial charge in [-0.3, -0.25) is 19.4 Å². The van der Waals surface area contributed by atoms with Crippen LogP contribution in [0, 0.1) is 0 Å². The first-order chi connectivity index (χ1) is 12.0. The lowest BCUT2D eigenvalue weighted by atomic mass is 10.2. The first-order valence-corrected chi connectivity index (χ1v) is 8.45. The number of hydrogen-bond acceptors (Lipinski definition) is 6. The monoisotopic (exact) mass is 345 g/mol. The zero-order valence-electron chi connectivity index (χ0n) is 14.6. The zero-order chi connectivity index (χ0) is 17.8. The lowest BCUT2D eigenvalue weighted by molar-refractivity contribution is -0.124. The summed E-state index contributed by atoms with van der Waals surface area (Å²) in [4.78, 5) is 37.1. The molecule has 8 nitrogen and oxygen atoms in total. The van der Waals surface area contributed by atoms with Gasteiger partial charge in [0.1, 0.15) is 11.9 Å². The Bertz CT molecular complexity index is 656. The van der Waals surface area contributed by atoms with Crippen molar-refractivity contribution in [3.8, 4) is 0 Å². The molecule has 25 heavy (non-hydrogen) atoms. The molecule has 0 N–H and O–H groups in total. The van der Waals surface area contributed by atoms with Crippen LogP contribution in [0.15, 0.2) is 29.4 Å². The van der Waals surface area contributed by atoms with Crippen molar-refractivity contribution in [3.63, 3.8) is 0 Å². The van der Waals surface area contributed by atoms with E-state index in [4.69, 9.17) is 4.74 Å². The summed E-state index contributed by atoms with van der Waals surface area (Å²) in [6.45, 7) is 7.53. The van der Waals surface area contributed by atoms with E-state index in [2.05, 4.69) is 19.8 Å². The smallest absolute Gasteiger partial charge is 0.302 e. The summed E-state index contributed by atoms with van der Waals surface area (Å²) in [7, 11) is 0. The van der Waals surface area contributed by atoms with E-state index < -0.39 is 0 Å². The van der Waals surface area contributed by atoms with Crippen molar-refractivity contribution < 1.29 is 14.3 Å². The average molecular weight is 345 g/mol. The Morgan fingerprint density at radius 3 is 2.60 bits per heavy atom. The van der Waals surface area contributed by atoms with Gasteiger partial charge in [0.15, 0.2) is 0 Å². The fourth-order valence-electron chi connectivity index (χ4n) is 3.10. The molecule has 1 atom stereocenters. The first-order valence-electron chi connectivity index (χ1n) is 8.45. The number of amides is 2. The van der Waals surface area contributed by atoms with Crippen LogP contribution in [-0.2, 0) is 14.3 Å². The molecule has 1 aromatic heterocycles. The Labute approximate surface area is 147 Å². The van der Waals surface area contributed by atoms with E-state index in [-0.39, 0.29) is 23.9 Å². The standard InChI is InChI=1S/C17H23N5O3/c1-13(23)19-17-22(14(2)24)12-15(25-17)11-20-7-9-21(10-8-20)16-5-3-4-6-18-16/h3-6,15H,7-12H2,1-2H3. The maximum absolute atomic E-state index is 11.7. The molecule has 0 bridgehead atoms. The van der Waals surface area contributed by atoms with Crippen LogP contribution in [0.3, 0.4) is 0 Å². The van der Waals surface area contributed by atoms with Crippen molar-refractivity contribution >= 4 is 23.7 Å². The number of carbonyl (C=O) groups excluding carboxylic acids is 2. The number of hydrogen-bond donors (Lipinski definition) is 0. The molecule has 2 amide bonds. The molecule has 1 unspecified atom stereocenters. The van der Waals surface area contributed by atoms with Crippen LogP contribution in [0.4, 0.5) is 5.82 Å². The molecule has 2 aliphatic heterocycles. The summed E-state index contributed by atoms with van der Waals surface area (Å²) in [5.41, 5.74) is 0. The van der Waals surface area contributed by atoms with E-state index in [1.54, 1.807) is 6.20 Å². The summed E-state index contributed by atoms with van der Waals surface area (Å²) < 4.78 is 5.73. The second-order valence-electron chi connectivity index (χ2n) is 6.26. The molecule has 0 aliphatic carbocycles. The van der Waals surface area contributed by atoms with Crippen LogP contribution >= 0.6 is 0 Å². The van der Waals surface area contributed by atoms with Gasteiger partial charge in [0, 0.05) is 52.8 Å². The van der Waals surface area contributed by atoms with Crippen LogP contribution < -0.4 is 4.90 Å². The summed E-state index contributed by atoms with van der Waals surface area (Å²) in [5.74, 6) is 0.464. The predicted octanol–water partition coefficient (Wildman–Crippen LogP) is 0.353. The maximum Gasteiger partial charge on any atom is 0.302 e. The average Bonchev–Trinajstić information content (AvgIpc) is 2.98. The minimum absolute atomic E-state index is 0.122. The van der Waals surface area contributed by atoms with Crippen molar-refractivity contribution in [2.45, 2.75) is 20.0 Å². The molecule has 2 saturated heterocycles. The minimum Gasteiger partial charge on any atom is -0.458 e. The normalized spacial score (nSPS) is 23.0. The van der Waals surface area contributed by atoms with E-state index in [0.29, 0.717) is 13.1 Å². The Hall–Kier alpha value is -2.48. The molecule has 3 rings (SSSR count). The summed E-state index contributed by atoms with van der Waals surface area (Å²) in [5, 5.41) is 0. The fourth-order valence-corrected chi connectivity index (χ4v) is 3.10. The van der Waals surface area contributed by atoms with E-state index in [1.165, 1.54) is 18.7 Å². The van der Waals surface area contributed by atoms with E-state index in [0.717, 1.165) is 32.0 Å². The molecule has 134 valence electrons. The quantitative estimate of drug-likeness (QED) is 0.787. The van der Waals surface area contributed by atoms with Crippen LogP contribution in [0.1, 0.15) is 13.8 Å². The highest BCUT2D eigenvalue weighted by Gasteiger charge is 2.34. The molecule has 2 fully saturated rings. The van der Waals surface area contributed by atoms with Crippen molar-refractivity contribution in [1.82, 2.24) is 14.8 Å². The number of aliphatic imine (C=N–C) groups is 1. The van der Waals surface area contributed by atoms with Crippen LogP contribution in [0.5, 0.6) is 0 Å². The van der Waals surface area contributed by atoms with Crippen LogP contribution in [0.25, 0.3) is 0 Å². The highest BCUT2D eigenvalue weighted by Crippen LogP contribution is 2.16. The molecule has 3 heterocycles. The van der Waals surface area contributed by atoms with E-state index >= 15 is 0 Å². The predicted molar refractivity (Wildman–Crippen MR) is 93.3 cm³/mol. The third-order valence-electron chi connectivity index (χ3n) is 4.33. The summed E-state index contributed by atoms with van der Waals surface area (Å²) in [6.07, 6.45) is 1.64. The molecule has 2 aliphatic rings. The fraction of sp³-hybridized carbons (Fsp3) is 0.529. The van der Waals surface area contributed by atoms with Crippen LogP contribution in [0.2, 0.25) is 0 Å². The highest BCUT2D eigenvalue weighted by molar-refractivity contribution is 5.99. The van der Waals surface area contributed by atoms with E-state index in [9.17, 15) is 9.59 Å². The number of carbonyl (C=O) groups is 2. The number of amidine groups is 1. The third kappa shape index (κ3) is 4.33. The van der Waals surface area contributed by atoms with Crippen molar-refractivity contribution in [3.05, 3.63) is 24.4 Å². The number of piperazine rings is 1. The molecular weight excluding hydrogens is 322 g/mol. The van der Waals surface area contributed by atoms with E-state index in [1.807, 2.05) is 18.2 Å². The Kier molecular flexibility index (Phi) is 5.28. The number of rotatable bonds is 3. The molecule has 8 heteroatoms. The molecule has 1 aromatic rings. The third-order valence-corrected chi connectivity index (χ3v) is 4.33. The van der Waals surface area contributed by atoms with Gasteiger partial charge in [0.25, 0.3) is 0 Å². The first kappa shape index (κ1) is 17.3. The van der Waals surface area contributed by atoms with Crippen LogP contribution in [-0.4, -0.2) is 78.0 Å². The summed E-state index contributed by atoms with van der Waals surface area (Å²) in [6, 6.07) is 6.05. The number of pyridine rings is 1. The highest BCUT2D eigenvalue weighted by atomic mass is 16.5. The van der Waals surface area contributed by atoms with Gasteiger partial charge in [-0.15, -0.1) is 0 Å². The Morgan fingerprint density at radius 2 is 2.00 bits per heavy atom. The number of ether oxygens (including phenoxy) is 1. The number of anilines is 1. The summed E-state index contributed by atoms with van der Waals surface area (Å²) >= 11 is 0. The van der Waals surface area contributed by atoms with Crippen molar-refractivity contribution in [2.24, 2.45) is 4.99 Å².